The molecule has 1 aliphatic carbocycles. The Morgan fingerprint density at radius 1 is 1.47 bits per heavy atom. The van der Waals surface area contributed by atoms with Crippen molar-refractivity contribution in [1.82, 2.24) is 14.9 Å². The fourth-order valence-electron chi connectivity index (χ4n) is 2.39. The summed E-state index contributed by atoms with van der Waals surface area (Å²) in [5, 5.41) is 3.67. The van der Waals surface area contributed by atoms with Crippen LogP contribution in [0.4, 0.5) is 0 Å². The highest BCUT2D eigenvalue weighted by Crippen LogP contribution is 2.29. The topological polar surface area (TPSA) is 29.9 Å². The van der Waals surface area contributed by atoms with E-state index in [1.807, 2.05) is 12.5 Å². The van der Waals surface area contributed by atoms with Gasteiger partial charge in [0.15, 0.2) is 0 Å². The van der Waals surface area contributed by atoms with Crippen molar-refractivity contribution < 1.29 is 0 Å². The summed E-state index contributed by atoms with van der Waals surface area (Å²) in [4.78, 5) is 4.13. The average molecular weight is 207 g/mol. The molecule has 1 aliphatic rings. The minimum atomic E-state index is 0.617. The van der Waals surface area contributed by atoms with Gasteiger partial charge < -0.3 is 9.88 Å². The number of aromatic nitrogens is 2. The first-order chi connectivity index (χ1) is 7.27. The zero-order valence-corrected chi connectivity index (χ0v) is 9.69. The molecule has 0 spiro atoms. The molecule has 84 valence electrons. The molecule has 0 amide bonds. The predicted octanol–water partition coefficient (Wildman–Crippen LogP) is 2.22. The largest absolute Gasteiger partial charge is 0.333 e. The molecule has 0 radical (unpaired) electrons. The number of nitrogens with one attached hydrogen (secondary N) is 1. The normalized spacial score (nSPS) is 26.3. The van der Waals surface area contributed by atoms with Crippen molar-refractivity contribution in [2.24, 2.45) is 5.92 Å². The second-order valence-corrected chi connectivity index (χ2v) is 4.92. The third kappa shape index (κ3) is 2.59. The molecule has 3 nitrogen and oxygen atoms in total. The highest BCUT2D eigenvalue weighted by Gasteiger charge is 2.27. The molecule has 0 aliphatic heterocycles. The lowest BCUT2D eigenvalue weighted by molar-refractivity contribution is 0.374. The minimum Gasteiger partial charge on any atom is -0.333 e. The summed E-state index contributed by atoms with van der Waals surface area (Å²) < 4.78 is 2.25. The maximum absolute atomic E-state index is 4.13. The molecule has 15 heavy (non-hydrogen) atoms. The van der Waals surface area contributed by atoms with E-state index in [0.717, 1.165) is 12.5 Å². The minimum absolute atomic E-state index is 0.617. The Morgan fingerprint density at radius 2 is 2.33 bits per heavy atom. The fourth-order valence-corrected chi connectivity index (χ4v) is 2.39. The second-order valence-electron chi connectivity index (χ2n) is 4.92. The van der Waals surface area contributed by atoms with Gasteiger partial charge in [0.05, 0.1) is 6.33 Å². The summed E-state index contributed by atoms with van der Waals surface area (Å²) in [6.45, 7) is 5.64. The van der Waals surface area contributed by atoms with Gasteiger partial charge in [-0.15, -0.1) is 0 Å². The van der Waals surface area contributed by atoms with E-state index in [4.69, 9.17) is 0 Å². The van der Waals surface area contributed by atoms with Gasteiger partial charge in [-0.2, -0.15) is 0 Å². The zero-order valence-electron chi connectivity index (χ0n) is 9.69. The van der Waals surface area contributed by atoms with Gasteiger partial charge in [-0.3, -0.25) is 0 Å². The van der Waals surface area contributed by atoms with E-state index in [9.17, 15) is 0 Å². The van der Waals surface area contributed by atoms with E-state index >= 15 is 0 Å². The SMILES string of the molecule is CC(C)CN[C@@H]1CCC[C@@H]1n1ccnc1. The number of imidazole rings is 1. The van der Waals surface area contributed by atoms with Crippen LogP contribution in [0.2, 0.25) is 0 Å². The summed E-state index contributed by atoms with van der Waals surface area (Å²) in [7, 11) is 0. The Kier molecular flexibility index (Phi) is 3.41. The highest BCUT2D eigenvalue weighted by atomic mass is 15.1. The van der Waals surface area contributed by atoms with E-state index in [1.165, 1.54) is 19.3 Å². The summed E-state index contributed by atoms with van der Waals surface area (Å²) >= 11 is 0. The van der Waals surface area contributed by atoms with Crippen LogP contribution in [-0.2, 0) is 0 Å². The van der Waals surface area contributed by atoms with Crippen LogP contribution in [0.15, 0.2) is 18.7 Å². The van der Waals surface area contributed by atoms with Crippen LogP contribution in [0.25, 0.3) is 0 Å². The monoisotopic (exact) mass is 207 g/mol. The number of hydrogen-bond acceptors (Lipinski definition) is 2. The van der Waals surface area contributed by atoms with Gasteiger partial charge in [0.1, 0.15) is 0 Å². The van der Waals surface area contributed by atoms with Crippen LogP contribution in [-0.4, -0.2) is 22.1 Å². The maximum atomic E-state index is 4.13. The molecule has 1 saturated carbocycles. The first-order valence-corrected chi connectivity index (χ1v) is 5.98. The molecule has 2 rings (SSSR count). The van der Waals surface area contributed by atoms with Crippen molar-refractivity contribution in [3.8, 4) is 0 Å². The van der Waals surface area contributed by atoms with E-state index in [1.54, 1.807) is 0 Å². The summed E-state index contributed by atoms with van der Waals surface area (Å²) in [6.07, 6.45) is 9.82. The lowest BCUT2D eigenvalue weighted by atomic mass is 10.1. The molecule has 0 bridgehead atoms. The average Bonchev–Trinajstić information content (AvgIpc) is 2.85. The molecule has 1 N–H and O–H groups in total. The predicted molar refractivity (Wildman–Crippen MR) is 61.7 cm³/mol. The molecule has 0 saturated heterocycles. The molecule has 2 atom stereocenters. The van der Waals surface area contributed by atoms with Gasteiger partial charge in [0.2, 0.25) is 0 Å². The molecular formula is C12H21N3. The lowest BCUT2D eigenvalue weighted by Gasteiger charge is -2.23. The second kappa shape index (κ2) is 4.79. The number of rotatable bonds is 4. The zero-order chi connectivity index (χ0) is 10.7. The molecule has 3 heteroatoms. The lowest BCUT2D eigenvalue weighted by Crippen LogP contribution is -2.35. The van der Waals surface area contributed by atoms with Gasteiger partial charge >= 0.3 is 0 Å². The van der Waals surface area contributed by atoms with Crippen LogP contribution in [0, 0.1) is 5.92 Å². The quantitative estimate of drug-likeness (QED) is 0.820. The van der Waals surface area contributed by atoms with Crippen LogP contribution in [0.3, 0.4) is 0 Å². The fraction of sp³-hybridized carbons (Fsp3) is 0.750. The van der Waals surface area contributed by atoms with Crippen molar-refractivity contribution in [2.45, 2.75) is 45.2 Å². The number of hydrogen-bond donors (Lipinski definition) is 1. The van der Waals surface area contributed by atoms with Crippen molar-refractivity contribution in [2.75, 3.05) is 6.54 Å². The number of nitrogens with zero attached hydrogens (tertiary/aromatic N) is 2. The van der Waals surface area contributed by atoms with Crippen LogP contribution in [0.1, 0.15) is 39.2 Å². The summed E-state index contributed by atoms with van der Waals surface area (Å²) in [6, 6.07) is 1.26. The van der Waals surface area contributed by atoms with Gasteiger partial charge in [-0.1, -0.05) is 13.8 Å². The smallest absolute Gasteiger partial charge is 0.0949 e. The third-order valence-electron chi connectivity index (χ3n) is 3.18. The molecule has 1 aromatic rings. The van der Waals surface area contributed by atoms with Gasteiger partial charge in [-0.05, 0) is 31.7 Å². The van der Waals surface area contributed by atoms with Gasteiger partial charge in [0.25, 0.3) is 0 Å². The molecule has 1 fully saturated rings. The van der Waals surface area contributed by atoms with Gasteiger partial charge in [0, 0.05) is 24.5 Å². The molecular weight excluding hydrogens is 186 g/mol. The Labute approximate surface area is 91.9 Å². The van der Waals surface area contributed by atoms with E-state index in [0.29, 0.717) is 12.1 Å². The molecule has 1 heterocycles. The van der Waals surface area contributed by atoms with Crippen LogP contribution in [0.5, 0.6) is 0 Å². The summed E-state index contributed by atoms with van der Waals surface area (Å²) in [5.41, 5.74) is 0. The van der Waals surface area contributed by atoms with Crippen LogP contribution >= 0.6 is 0 Å². The molecule has 0 unspecified atom stereocenters. The summed E-state index contributed by atoms with van der Waals surface area (Å²) in [5.74, 6) is 0.731. The Morgan fingerprint density at radius 3 is 3.00 bits per heavy atom. The Bertz CT molecular complexity index is 279. The van der Waals surface area contributed by atoms with Crippen molar-refractivity contribution in [1.29, 1.82) is 0 Å². The Hall–Kier alpha value is -0.830. The first kappa shape index (κ1) is 10.7. The molecule has 0 aromatic carbocycles. The molecule has 1 aromatic heterocycles. The van der Waals surface area contributed by atoms with Crippen molar-refractivity contribution in [3.05, 3.63) is 18.7 Å². The third-order valence-corrected chi connectivity index (χ3v) is 3.18. The first-order valence-electron chi connectivity index (χ1n) is 5.98. The van der Waals surface area contributed by atoms with E-state index in [2.05, 4.69) is 34.9 Å². The maximum Gasteiger partial charge on any atom is 0.0949 e. The van der Waals surface area contributed by atoms with Crippen LogP contribution < -0.4 is 5.32 Å². The van der Waals surface area contributed by atoms with Gasteiger partial charge in [-0.25, -0.2) is 4.98 Å². The highest BCUT2D eigenvalue weighted by molar-refractivity contribution is 4.91. The van der Waals surface area contributed by atoms with Crippen molar-refractivity contribution in [3.63, 3.8) is 0 Å². The van der Waals surface area contributed by atoms with E-state index in [-0.39, 0.29) is 0 Å². The Balaban J connectivity index is 1.93. The van der Waals surface area contributed by atoms with Crippen molar-refractivity contribution >= 4 is 0 Å². The standard InChI is InChI=1S/C12H21N3/c1-10(2)8-14-11-4-3-5-12(11)15-7-6-13-9-15/h6-7,9-12,14H,3-5,8H2,1-2H3/t11-,12+/m1/s1. The van der Waals surface area contributed by atoms with E-state index < -0.39 is 0 Å².